The summed E-state index contributed by atoms with van der Waals surface area (Å²) in [5, 5.41) is 7.49. The van der Waals surface area contributed by atoms with Crippen LogP contribution in [0.5, 0.6) is 0 Å². The first-order valence-corrected chi connectivity index (χ1v) is 19.9. The van der Waals surface area contributed by atoms with E-state index < -0.39 is 0 Å². The van der Waals surface area contributed by atoms with Crippen LogP contribution in [-0.2, 0) is 0 Å². The summed E-state index contributed by atoms with van der Waals surface area (Å²) in [6, 6.07) is 66.5. The summed E-state index contributed by atoms with van der Waals surface area (Å²) in [7, 11) is 0. The Balaban J connectivity index is 1.13. The Labute approximate surface area is 331 Å². The Morgan fingerprint density at radius 2 is 0.860 bits per heavy atom. The van der Waals surface area contributed by atoms with E-state index in [1.807, 2.05) is 72.0 Å². The van der Waals surface area contributed by atoms with Crippen molar-refractivity contribution in [3.63, 3.8) is 0 Å². The first-order valence-electron chi connectivity index (χ1n) is 19.1. The smallest absolute Gasteiger partial charge is 0.164 e. The highest BCUT2D eigenvalue weighted by Gasteiger charge is 2.22. The van der Waals surface area contributed by atoms with Gasteiger partial charge in [-0.3, -0.25) is 0 Å². The molecule has 0 atom stereocenters. The average molecular weight is 746 g/mol. The maximum atomic E-state index is 5.09. The van der Waals surface area contributed by atoms with Gasteiger partial charge in [-0.05, 0) is 42.5 Å². The van der Waals surface area contributed by atoms with E-state index in [0.717, 1.165) is 33.4 Å². The average Bonchev–Trinajstić information content (AvgIpc) is 3.95. The van der Waals surface area contributed by atoms with Crippen molar-refractivity contribution in [3.05, 3.63) is 188 Å². The Bertz CT molecular complexity index is 3400. The third-order valence-corrected chi connectivity index (χ3v) is 12.4. The maximum Gasteiger partial charge on any atom is 0.164 e. The van der Waals surface area contributed by atoms with Gasteiger partial charge in [-0.25, -0.2) is 15.0 Å². The van der Waals surface area contributed by atoms with Crippen LogP contribution in [0.4, 0.5) is 0 Å². The van der Waals surface area contributed by atoms with Crippen LogP contribution in [0, 0.1) is 0 Å². The van der Waals surface area contributed by atoms with E-state index in [-0.39, 0.29) is 0 Å². The summed E-state index contributed by atoms with van der Waals surface area (Å²) in [6.45, 7) is 0. The van der Waals surface area contributed by atoms with Gasteiger partial charge >= 0.3 is 0 Å². The highest BCUT2D eigenvalue weighted by Crippen LogP contribution is 2.46. The largest absolute Gasteiger partial charge is 0.309 e. The lowest BCUT2D eigenvalue weighted by atomic mass is 10.1. The van der Waals surface area contributed by atoms with Gasteiger partial charge in [0.1, 0.15) is 0 Å². The predicted molar refractivity (Wildman–Crippen MR) is 238 cm³/mol. The van der Waals surface area contributed by atoms with E-state index in [0.29, 0.717) is 17.5 Å². The molecule has 0 N–H and O–H groups in total. The van der Waals surface area contributed by atoms with E-state index >= 15 is 0 Å². The first kappa shape index (κ1) is 31.9. The van der Waals surface area contributed by atoms with E-state index in [9.17, 15) is 0 Å². The molecule has 5 nitrogen and oxygen atoms in total. The SMILES string of the molecule is c1ccc(-c2nc(-c3ccccc3)nc(-c3ccc4c5c6sc7c(-n8c9ccccc9c9ccccc98)cccc7c6ccc5n(-c5ccccc5)c4c3)n2)cc1. The molecule has 0 spiro atoms. The second-order valence-electron chi connectivity index (χ2n) is 14.4. The number of aromatic nitrogens is 5. The Hall–Kier alpha value is -7.41. The van der Waals surface area contributed by atoms with Crippen molar-refractivity contribution in [2.45, 2.75) is 0 Å². The lowest BCUT2D eigenvalue weighted by Gasteiger charge is -2.10. The molecule has 57 heavy (non-hydrogen) atoms. The summed E-state index contributed by atoms with van der Waals surface area (Å²) in [6.07, 6.45) is 0. The number of benzene rings is 8. The van der Waals surface area contributed by atoms with Gasteiger partial charge in [0, 0.05) is 59.4 Å². The number of hydrogen-bond donors (Lipinski definition) is 0. The topological polar surface area (TPSA) is 48.5 Å². The fraction of sp³-hybridized carbons (Fsp3) is 0. The summed E-state index contributed by atoms with van der Waals surface area (Å²) in [5.74, 6) is 1.93. The second kappa shape index (κ2) is 12.6. The zero-order valence-corrected chi connectivity index (χ0v) is 31.4. The predicted octanol–water partition coefficient (Wildman–Crippen LogP) is 13.4. The van der Waals surface area contributed by atoms with Crippen LogP contribution in [0.1, 0.15) is 0 Å². The molecule has 266 valence electrons. The molecule has 4 aromatic heterocycles. The lowest BCUT2D eigenvalue weighted by molar-refractivity contribution is 1.07. The van der Waals surface area contributed by atoms with Crippen molar-refractivity contribution >= 4 is 75.1 Å². The van der Waals surface area contributed by atoms with Crippen LogP contribution in [-0.4, -0.2) is 24.1 Å². The minimum Gasteiger partial charge on any atom is -0.309 e. The third kappa shape index (κ3) is 4.91. The van der Waals surface area contributed by atoms with Gasteiger partial charge in [0.05, 0.1) is 32.5 Å². The number of para-hydroxylation sites is 3. The molecule has 12 rings (SSSR count). The fourth-order valence-corrected chi connectivity index (χ4v) is 9.99. The molecule has 6 heteroatoms. The Morgan fingerprint density at radius 3 is 1.51 bits per heavy atom. The number of nitrogens with zero attached hydrogens (tertiary/aromatic N) is 5. The Morgan fingerprint density at radius 1 is 0.333 bits per heavy atom. The fourth-order valence-electron chi connectivity index (χ4n) is 8.63. The van der Waals surface area contributed by atoms with E-state index in [1.54, 1.807) is 0 Å². The van der Waals surface area contributed by atoms with Gasteiger partial charge in [0.25, 0.3) is 0 Å². The molecule has 8 aromatic carbocycles. The van der Waals surface area contributed by atoms with Crippen LogP contribution in [0.25, 0.3) is 109 Å². The third-order valence-electron chi connectivity index (χ3n) is 11.2. The van der Waals surface area contributed by atoms with Crippen LogP contribution in [0.3, 0.4) is 0 Å². The minimum atomic E-state index is 0.636. The molecule has 0 saturated heterocycles. The standard InChI is InChI=1S/C51H31N5S/c1-4-15-32(16-5-1)49-52-50(33-17-6-2-7-18-33)54-51(53-49)34-27-28-40-45(31-34)55(35-19-8-3-9-20-35)43-30-29-39-38-23-14-26-44(47(38)57-48(39)46(40)43)56-41-24-12-10-21-36(41)37-22-11-13-25-42(37)56/h1-31H. The van der Waals surface area contributed by atoms with Gasteiger partial charge in [-0.1, -0.05) is 146 Å². The summed E-state index contributed by atoms with van der Waals surface area (Å²) in [4.78, 5) is 15.1. The lowest BCUT2D eigenvalue weighted by Crippen LogP contribution is -2.00. The quantitative estimate of drug-likeness (QED) is 0.176. The summed E-state index contributed by atoms with van der Waals surface area (Å²) in [5.41, 5.74) is 9.83. The van der Waals surface area contributed by atoms with E-state index in [4.69, 9.17) is 15.0 Å². The number of hydrogen-bond acceptors (Lipinski definition) is 4. The van der Waals surface area contributed by atoms with Crippen molar-refractivity contribution in [3.8, 4) is 45.5 Å². The number of fused-ring (bicyclic) bond motifs is 10. The molecule has 0 bridgehead atoms. The van der Waals surface area contributed by atoms with Crippen LogP contribution in [0.2, 0.25) is 0 Å². The van der Waals surface area contributed by atoms with Gasteiger partial charge < -0.3 is 9.13 Å². The zero-order chi connectivity index (χ0) is 37.5. The molecule has 0 amide bonds. The van der Waals surface area contributed by atoms with Gasteiger partial charge in [-0.2, -0.15) is 0 Å². The molecule has 0 aliphatic carbocycles. The second-order valence-corrected chi connectivity index (χ2v) is 15.4. The monoisotopic (exact) mass is 745 g/mol. The van der Waals surface area contributed by atoms with Crippen molar-refractivity contribution in [2.24, 2.45) is 0 Å². The molecule has 4 heterocycles. The molecule has 0 fully saturated rings. The molecule has 12 aromatic rings. The van der Waals surface area contributed by atoms with Gasteiger partial charge in [0.2, 0.25) is 0 Å². The van der Waals surface area contributed by atoms with Crippen molar-refractivity contribution in [1.82, 2.24) is 24.1 Å². The zero-order valence-electron chi connectivity index (χ0n) is 30.5. The minimum absolute atomic E-state index is 0.636. The van der Waals surface area contributed by atoms with Crippen molar-refractivity contribution < 1.29 is 0 Å². The normalized spacial score (nSPS) is 11.9. The molecular formula is C51H31N5S. The van der Waals surface area contributed by atoms with E-state index in [1.165, 1.54) is 58.4 Å². The first-order chi connectivity index (χ1) is 28.3. The molecule has 0 radical (unpaired) electrons. The van der Waals surface area contributed by atoms with E-state index in [2.05, 4.69) is 137 Å². The summed E-state index contributed by atoms with van der Waals surface area (Å²) >= 11 is 1.89. The molecule has 0 aliphatic heterocycles. The molecule has 0 unspecified atom stereocenters. The highest BCUT2D eigenvalue weighted by atomic mass is 32.1. The Kier molecular flexibility index (Phi) is 7.03. The highest BCUT2D eigenvalue weighted by molar-refractivity contribution is 7.27. The van der Waals surface area contributed by atoms with Gasteiger partial charge in [0.15, 0.2) is 17.5 Å². The molecular weight excluding hydrogens is 715 g/mol. The maximum absolute atomic E-state index is 5.09. The summed E-state index contributed by atoms with van der Waals surface area (Å²) < 4.78 is 7.39. The van der Waals surface area contributed by atoms with Crippen LogP contribution in [0.15, 0.2) is 188 Å². The van der Waals surface area contributed by atoms with Gasteiger partial charge in [-0.15, -0.1) is 11.3 Å². The molecule has 0 aliphatic rings. The van der Waals surface area contributed by atoms with Crippen LogP contribution < -0.4 is 0 Å². The van der Waals surface area contributed by atoms with Crippen molar-refractivity contribution in [2.75, 3.05) is 0 Å². The van der Waals surface area contributed by atoms with Crippen LogP contribution >= 0.6 is 11.3 Å². The number of thiophene rings is 1. The molecule has 0 saturated carbocycles. The van der Waals surface area contributed by atoms with Crippen molar-refractivity contribution in [1.29, 1.82) is 0 Å². The number of rotatable bonds is 5.